The molecule has 3 N–H and O–H groups in total. The number of amides is 2. The molecule has 2 aliphatic rings. The van der Waals surface area contributed by atoms with Crippen LogP contribution in [0.1, 0.15) is 50.2 Å². The summed E-state index contributed by atoms with van der Waals surface area (Å²) in [5.74, 6) is -1.46. The van der Waals surface area contributed by atoms with Crippen molar-refractivity contribution >= 4 is 18.0 Å². The Balaban J connectivity index is 1.32. The maximum Gasteiger partial charge on any atom is 0.407 e. The average Bonchev–Trinajstić information content (AvgIpc) is 3.55. The number of benzene rings is 2. The van der Waals surface area contributed by atoms with Crippen molar-refractivity contribution in [2.24, 2.45) is 5.41 Å². The number of carbonyl (C=O) groups is 3. The van der Waals surface area contributed by atoms with Gasteiger partial charge in [-0.25, -0.2) is 9.59 Å². The molecule has 34 heavy (non-hydrogen) atoms. The Morgan fingerprint density at radius 1 is 1.06 bits per heavy atom. The third kappa shape index (κ3) is 4.98. The molecule has 1 saturated carbocycles. The van der Waals surface area contributed by atoms with E-state index >= 15 is 0 Å². The highest BCUT2D eigenvalue weighted by Crippen LogP contribution is 2.46. The Labute approximate surface area is 199 Å². The molecule has 2 amide bonds. The number of carbonyl (C=O) groups excluding carboxylic acids is 2. The van der Waals surface area contributed by atoms with E-state index in [4.69, 9.17) is 4.74 Å². The van der Waals surface area contributed by atoms with Gasteiger partial charge in [-0.15, -0.1) is 0 Å². The molecule has 7 heteroatoms. The standard InChI is InChI=1S/C27H30N2O5/c1-17(2)11-12-23(24(30)31)29-25(32)27(13-14-27)16-28-26(33)34-15-22-20-9-5-3-7-18(20)19-8-4-6-10-21(19)22/h3-11,22-23H,12-16H2,1-2H3,(H,28,33)(H,29,32)(H,30,31). The van der Waals surface area contributed by atoms with Crippen LogP contribution >= 0.6 is 0 Å². The van der Waals surface area contributed by atoms with Gasteiger partial charge in [0, 0.05) is 12.5 Å². The summed E-state index contributed by atoms with van der Waals surface area (Å²) in [5.41, 5.74) is 4.78. The van der Waals surface area contributed by atoms with Gasteiger partial charge in [-0.2, -0.15) is 0 Å². The summed E-state index contributed by atoms with van der Waals surface area (Å²) in [7, 11) is 0. The van der Waals surface area contributed by atoms with Gasteiger partial charge in [0.25, 0.3) is 0 Å². The number of rotatable bonds is 9. The Bertz CT molecular complexity index is 1090. The second kappa shape index (κ2) is 9.71. The third-order valence-electron chi connectivity index (χ3n) is 6.62. The van der Waals surface area contributed by atoms with Gasteiger partial charge >= 0.3 is 12.1 Å². The van der Waals surface area contributed by atoms with Crippen LogP contribution in [0.4, 0.5) is 4.79 Å². The molecule has 0 aromatic heterocycles. The van der Waals surface area contributed by atoms with Gasteiger partial charge in [0.05, 0.1) is 5.41 Å². The van der Waals surface area contributed by atoms with Crippen molar-refractivity contribution in [1.82, 2.24) is 10.6 Å². The van der Waals surface area contributed by atoms with Gasteiger partial charge < -0.3 is 20.5 Å². The van der Waals surface area contributed by atoms with Gasteiger partial charge in [0.2, 0.25) is 5.91 Å². The molecule has 4 rings (SSSR count). The molecule has 178 valence electrons. The van der Waals surface area contributed by atoms with Crippen LogP contribution in [0.25, 0.3) is 11.1 Å². The molecule has 0 bridgehead atoms. The highest BCUT2D eigenvalue weighted by Gasteiger charge is 2.50. The number of aliphatic carboxylic acids is 1. The van der Waals surface area contributed by atoms with Crippen molar-refractivity contribution in [2.45, 2.75) is 45.1 Å². The van der Waals surface area contributed by atoms with E-state index in [2.05, 4.69) is 34.9 Å². The second-order valence-electron chi connectivity index (χ2n) is 9.34. The number of fused-ring (bicyclic) bond motifs is 3. The summed E-state index contributed by atoms with van der Waals surface area (Å²) in [6.07, 6.45) is 2.61. The largest absolute Gasteiger partial charge is 0.480 e. The Hall–Kier alpha value is -3.61. The zero-order chi connectivity index (χ0) is 24.3. The van der Waals surface area contributed by atoms with Crippen LogP contribution in [0.5, 0.6) is 0 Å². The SMILES string of the molecule is CC(C)=CCC(NC(=O)C1(CNC(=O)OCC2c3ccccc3-c3ccccc32)CC1)C(=O)O. The molecular weight excluding hydrogens is 432 g/mol. The highest BCUT2D eigenvalue weighted by molar-refractivity contribution is 5.90. The lowest BCUT2D eigenvalue weighted by Crippen LogP contribution is -2.47. The predicted molar refractivity (Wildman–Crippen MR) is 128 cm³/mol. The minimum Gasteiger partial charge on any atom is -0.480 e. The van der Waals surface area contributed by atoms with Crippen molar-refractivity contribution in [2.75, 3.05) is 13.2 Å². The fourth-order valence-electron chi connectivity index (χ4n) is 4.41. The predicted octanol–water partition coefficient (Wildman–Crippen LogP) is 4.23. The minimum absolute atomic E-state index is 0.0391. The lowest BCUT2D eigenvalue weighted by Gasteiger charge is -2.20. The minimum atomic E-state index is -1.08. The van der Waals surface area contributed by atoms with E-state index < -0.39 is 23.5 Å². The Kier molecular flexibility index (Phi) is 6.72. The fraction of sp³-hybridized carbons (Fsp3) is 0.370. The summed E-state index contributed by atoms with van der Waals surface area (Å²) in [5, 5.41) is 14.8. The first kappa shape index (κ1) is 23.5. The molecule has 0 heterocycles. The van der Waals surface area contributed by atoms with Gasteiger partial charge in [-0.1, -0.05) is 60.2 Å². The monoisotopic (exact) mass is 462 g/mol. The van der Waals surface area contributed by atoms with E-state index in [0.29, 0.717) is 12.8 Å². The normalized spacial score (nSPS) is 15.9. The number of ether oxygens (including phenoxy) is 1. The summed E-state index contributed by atoms with van der Waals surface area (Å²) in [6.45, 7) is 4.07. The third-order valence-corrected chi connectivity index (χ3v) is 6.62. The van der Waals surface area contributed by atoms with Gasteiger partial charge in [-0.3, -0.25) is 4.79 Å². The van der Waals surface area contributed by atoms with Crippen LogP contribution < -0.4 is 10.6 Å². The van der Waals surface area contributed by atoms with Crippen LogP contribution in [-0.2, 0) is 14.3 Å². The summed E-state index contributed by atoms with van der Waals surface area (Å²) in [4.78, 5) is 36.7. The molecular formula is C27H30N2O5. The first-order valence-electron chi connectivity index (χ1n) is 11.6. The number of alkyl carbamates (subject to hydrolysis) is 1. The molecule has 7 nitrogen and oxygen atoms in total. The summed E-state index contributed by atoms with van der Waals surface area (Å²) >= 11 is 0. The average molecular weight is 463 g/mol. The molecule has 0 saturated heterocycles. The van der Waals surface area contributed by atoms with Crippen molar-refractivity contribution in [1.29, 1.82) is 0 Å². The van der Waals surface area contributed by atoms with Crippen LogP contribution in [0.3, 0.4) is 0 Å². The lowest BCUT2D eigenvalue weighted by atomic mass is 9.98. The summed E-state index contributed by atoms with van der Waals surface area (Å²) in [6, 6.07) is 15.2. The van der Waals surface area contributed by atoms with Crippen molar-refractivity contribution in [3.8, 4) is 11.1 Å². The van der Waals surface area contributed by atoms with E-state index in [1.165, 1.54) is 0 Å². The van der Waals surface area contributed by atoms with Gasteiger partial charge in [-0.05, 0) is 55.4 Å². The number of hydrogen-bond acceptors (Lipinski definition) is 4. The van der Waals surface area contributed by atoms with Crippen LogP contribution in [0.15, 0.2) is 60.2 Å². The van der Waals surface area contributed by atoms with Crippen molar-refractivity contribution < 1.29 is 24.2 Å². The number of allylic oxidation sites excluding steroid dienone is 1. The number of nitrogens with one attached hydrogen (secondary N) is 2. The maximum absolute atomic E-state index is 12.8. The van der Waals surface area contributed by atoms with E-state index in [-0.39, 0.29) is 31.4 Å². The number of carboxylic acids is 1. The lowest BCUT2D eigenvalue weighted by molar-refractivity contribution is -0.142. The molecule has 1 unspecified atom stereocenters. The van der Waals surface area contributed by atoms with Crippen LogP contribution in [0, 0.1) is 5.41 Å². The summed E-state index contributed by atoms with van der Waals surface area (Å²) < 4.78 is 5.54. The first-order chi connectivity index (χ1) is 16.3. The van der Waals surface area contributed by atoms with E-state index in [1.54, 1.807) is 6.08 Å². The van der Waals surface area contributed by atoms with Gasteiger partial charge in [0.1, 0.15) is 12.6 Å². The molecule has 1 atom stereocenters. The van der Waals surface area contributed by atoms with Crippen LogP contribution in [-0.4, -0.2) is 42.3 Å². The Morgan fingerprint density at radius 2 is 1.65 bits per heavy atom. The van der Waals surface area contributed by atoms with E-state index in [1.807, 2.05) is 38.1 Å². The van der Waals surface area contributed by atoms with E-state index in [0.717, 1.165) is 27.8 Å². The zero-order valence-corrected chi connectivity index (χ0v) is 19.5. The van der Waals surface area contributed by atoms with Crippen LogP contribution in [0.2, 0.25) is 0 Å². The molecule has 0 radical (unpaired) electrons. The highest BCUT2D eigenvalue weighted by atomic mass is 16.5. The smallest absolute Gasteiger partial charge is 0.407 e. The molecule has 0 spiro atoms. The molecule has 2 aromatic carbocycles. The second-order valence-corrected chi connectivity index (χ2v) is 9.34. The Morgan fingerprint density at radius 3 is 2.18 bits per heavy atom. The quantitative estimate of drug-likeness (QED) is 0.484. The fourth-order valence-corrected chi connectivity index (χ4v) is 4.41. The van der Waals surface area contributed by atoms with Crippen molar-refractivity contribution in [3.63, 3.8) is 0 Å². The molecule has 0 aliphatic heterocycles. The van der Waals surface area contributed by atoms with Gasteiger partial charge in [0.15, 0.2) is 0 Å². The van der Waals surface area contributed by atoms with E-state index in [9.17, 15) is 19.5 Å². The molecule has 2 aliphatic carbocycles. The number of carboxylic acid groups (broad SMARTS) is 1. The first-order valence-corrected chi connectivity index (χ1v) is 11.6. The molecule has 2 aromatic rings. The number of hydrogen-bond donors (Lipinski definition) is 3. The molecule has 1 fully saturated rings. The zero-order valence-electron chi connectivity index (χ0n) is 19.5. The van der Waals surface area contributed by atoms with Crippen molar-refractivity contribution in [3.05, 3.63) is 71.3 Å². The topological polar surface area (TPSA) is 105 Å². The maximum atomic E-state index is 12.8.